The Morgan fingerprint density at radius 1 is 1.50 bits per heavy atom. The third-order valence-electron chi connectivity index (χ3n) is 1.78. The maximum Gasteiger partial charge on any atom is 0.125 e. The first kappa shape index (κ1) is 10.8. The minimum absolute atomic E-state index is 0.321. The molecule has 0 aromatic heterocycles. The summed E-state index contributed by atoms with van der Waals surface area (Å²) in [5.41, 5.74) is 6.75. The van der Waals surface area contributed by atoms with E-state index in [0.717, 1.165) is 5.69 Å². The van der Waals surface area contributed by atoms with Crippen LogP contribution in [-0.4, -0.2) is 19.8 Å². The van der Waals surface area contributed by atoms with E-state index in [0.29, 0.717) is 25.4 Å². The molecule has 0 amide bonds. The molecule has 4 heteroatoms. The summed E-state index contributed by atoms with van der Waals surface area (Å²) in [6.07, 6.45) is 0. The van der Waals surface area contributed by atoms with E-state index in [1.807, 2.05) is 6.92 Å². The van der Waals surface area contributed by atoms with Crippen LogP contribution in [0.1, 0.15) is 6.92 Å². The topological polar surface area (TPSA) is 47.3 Å². The van der Waals surface area contributed by atoms with Gasteiger partial charge in [0, 0.05) is 13.2 Å². The predicted octanol–water partition coefficient (Wildman–Crippen LogP) is 1.86. The fourth-order valence-electron chi connectivity index (χ4n) is 1.10. The molecule has 14 heavy (non-hydrogen) atoms. The molecule has 0 aliphatic rings. The maximum atomic E-state index is 12.7. The van der Waals surface area contributed by atoms with Gasteiger partial charge in [0.1, 0.15) is 5.82 Å². The average Bonchev–Trinajstić information content (AvgIpc) is 2.15. The zero-order valence-corrected chi connectivity index (χ0v) is 8.22. The molecule has 1 aromatic rings. The lowest BCUT2D eigenvalue weighted by Gasteiger charge is -2.08. The van der Waals surface area contributed by atoms with Crippen LogP contribution in [-0.2, 0) is 4.74 Å². The summed E-state index contributed by atoms with van der Waals surface area (Å²) in [5.74, 6) is -0.321. The van der Waals surface area contributed by atoms with E-state index in [4.69, 9.17) is 10.5 Å². The molecule has 0 saturated carbocycles. The van der Waals surface area contributed by atoms with Gasteiger partial charge in [-0.15, -0.1) is 0 Å². The van der Waals surface area contributed by atoms with E-state index in [2.05, 4.69) is 5.32 Å². The maximum absolute atomic E-state index is 12.7. The van der Waals surface area contributed by atoms with Crippen LogP contribution in [0.2, 0.25) is 0 Å². The minimum atomic E-state index is -0.321. The highest BCUT2D eigenvalue weighted by molar-refractivity contribution is 5.65. The van der Waals surface area contributed by atoms with Gasteiger partial charge in [-0.2, -0.15) is 0 Å². The molecule has 0 fully saturated rings. The van der Waals surface area contributed by atoms with Gasteiger partial charge in [-0.3, -0.25) is 0 Å². The van der Waals surface area contributed by atoms with Gasteiger partial charge in [-0.1, -0.05) is 0 Å². The molecule has 1 aromatic carbocycles. The van der Waals surface area contributed by atoms with Gasteiger partial charge in [0.2, 0.25) is 0 Å². The van der Waals surface area contributed by atoms with Crippen molar-refractivity contribution in [2.45, 2.75) is 6.92 Å². The quantitative estimate of drug-likeness (QED) is 0.560. The monoisotopic (exact) mass is 198 g/mol. The Balaban J connectivity index is 2.42. The van der Waals surface area contributed by atoms with Crippen molar-refractivity contribution in [3.8, 4) is 0 Å². The molecule has 0 saturated heterocycles. The van der Waals surface area contributed by atoms with Gasteiger partial charge in [0.05, 0.1) is 18.0 Å². The standard InChI is InChI=1S/C10H15FN2O/c1-2-14-6-5-13-10-4-3-8(11)7-9(10)12/h3-4,7,13H,2,5-6,12H2,1H3. The van der Waals surface area contributed by atoms with Gasteiger partial charge < -0.3 is 15.8 Å². The van der Waals surface area contributed by atoms with E-state index >= 15 is 0 Å². The van der Waals surface area contributed by atoms with Crippen LogP contribution in [0.4, 0.5) is 15.8 Å². The smallest absolute Gasteiger partial charge is 0.125 e. The molecule has 3 N–H and O–H groups in total. The first-order chi connectivity index (χ1) is 6.74. The highest BCUT2D eigenvalue weighted by atomic mass is 19.1. The Hall–Kier alpha value is -1.29. The summed E-state index contributed by atoms with van der Waals surface area (Å²) in [5, 5.41) is 3.06. The molecule has 78 valence electrons. The number of benzene rings is 1. The number of hydrogen-bond donors (Lipinski definition) is 2. The summed E-state index contributed by atoms with van der Waals surface area (Å²) in [7, 11) is 0. The Labute approximate surface area is 83.1 Å². The van der Waals surface area contributed by atoms with E-state index in [1.165, 1.54) is 12.1 Å². The fourth-order valence-corrected chi connectivity index (χ4v) is 1.10. The third kappa shape index (κ3) is 3.22. The molecule has 1 rings (SSSR count). The van der Waals surface area contributed by atoms with Gasteiger partial charge >= 0.3 is 0 Å². The number of nitrogen functional groups attached to an aromatic ring is 1. The molecule has 0 aliphatic heterocycles. The number of hydrogen-bond acceptors (Lipinski definition) is 3. The molecular formula is C10H15FN2O. The largest absolute Gasteiger partial charge is 0.397 e. The van der Waals surface area contributed by atoms with Crippen LogP contribution in [0, 0.1) is 5.82 Å². The molecule has 3 nitrogen and oxygen atoms in total. The van der Waals surface area contributed by atoms with Crippen LogP contribution in [0.3, 0.4) is 0 Å². The summed E-state index contributed by atoms with van der Waals surface area (Å²) >= 11 is 0. The Morgan fingerprint density at radius 3 is 2.93 bits per heavy atom. The number of nitrogens with two attached hydrogens (primary N) is 1. The number of nitrogens with one attached hydrogen (secondary N) is 1. The van der Waals surface area contributed by atoms with Gasteiger partial charge in [-0.25, -0.2) is 4.39 Å². The molecule has 0 spiro atoms. The summed E-state index contributed by atoms with van der Waals surface area (Å²) in [6.45, 7) is 3.92. The number of halogens is 1. The van der Waals surface area contributed by atoms with Crippen molar-refractivity contribution in [3.63, 3.8) is 0 Å². The second kappa shape index (κ2) is 5.44. The molecule has 0 bridgehead atoms. The molecule has 0 aliphatic carbocycles. The number of rotatable bonds is 5. The van der Waals surface area contributed by atoms with Crippen molar-refractivity contribution in [2.75, 3.05) is 30.8 Å². The molecule has 0 heterocycles. The number of anilines is 2. The van der Waals surface area contributed by atoms with E-state index in [-0.39, 0.29) is 5.82 Å². The third-order valence-corrected chi connectivity index (χ3v) is 1.78. The van der Waals surface area contributed by atoms with Crippen molar-refractivity contribution in [3.05, 3.63) is 24.0 Å². The molecular weight excluding hydrogens is 183 g/mol. The lowest BCUT2D eigenvalue weighted by atomic mass is 10.2. The average molecular weight is 198 g/mol. The zero-order valence-electron chi connectivity index (χ0n) is 8.22. The minimum Gasteiger partial charge on any atom is -0.397 e. The second-order valence-electron chi connectivity index (χ2n) is 2.86. The van der Waals surface area contributed by atoms with Gasteiger partial charge in [-0.05, 0) is 25.1 Å². The lowest BCUT2D eigenvalue weighted by Crippen LogP contribution is -2.10. The van der Waals surface area contributed by atoms with Crippen molar-refractivity contribution in [1.29, 1.82) is 0 Å². The van der Waals surface area contributed by atoms with Crippen LogP contribution >= 0.6 is 0 Å². The van der Waals surface area contributed by atoms with Crippen LogP contribution in [0.5, 0.6) is 0 Å². The SMILES string of the molecule is CCOCCNc1ccc(F)cc1N. The Kier molecular flexibility index (Phi) is 4.19. The van der Waals surface area contributed by atoms with Crippen molar-refractivity contribution in [1.82, 2.24) is 0 Å². The first-order valence-electron chi connectivity index (χ1n) is 4.60. The second-order valence-corrected chi connectivity index (χ2v) is 2.86. The van der Waals surface area contributed by atoms with Crippen molar-refractivity contribution in [2.24, 2.45) is 0 Å². The van der Waals surface area contributed by atoms with Gasteiger partial charge in [0.25, 0.3) is 0 Å². The van der Waals surface area contributed by atoms with Crippen molar-refractivity contribution < 1.29 is 9.13 Å². The highest BCUT2D eigenvalue weighted by Gasteiger charge is 1.99. The summed E-state index contributed by atoms with van der Waals surface area (Å²) < 4.78 is 17.8. The zero-order chi connectivity index (χ0) is 10.4. The lowest BCUT2D eigenvalue weighted by molar-refractivity contribution is 0.158. The summed E-state index contributed by atoms with van der Waals surface area (Å²) in [4.78, 5) is 0. The highest BCUT2D eigenvalue weighted by Crippen LogP contribution is 2.18. The number of ether oxygens (including phenoxy) is 1. The van der Waals surface area contributed by atoms with E-state index < -0.39 is 0 Å². The molecule has 0 unspecified atom stereocenters. The van der Waals surface area contributed by atoms with Gasteiger partial charge in [0.15, 0.2) is 0 Å². The van der Waals surface area contributed by atoms with E-state index in [9.17, 15) is 4.39 Å². The van der Waals surface area contributed by atoms with E-state index in [1.54, 1.807) is 6.07 Å². The summed E-state index contributed by atoms with van der Waals surface area (Å²) in [6, 6.07) is 4.29. The Morgan fingerprint density at radius 2 is 2.29 bits per heavy atom. The van der Waals surface area contributed by atoms with Crippen LogP contribution in [0.25, 0.3) is 0 Å². The predicted molar refractivity (Wildman–Crippen MR) is 55.8 cm³/mol. The molecule has 0 radical (unpaired) electrons. The first-order valence-corrected chi connectivity index (χ1v) is 4.60. The Bertz CT molecular complexity index is 291. The van der Waals surface area contributed by atoms with Crippen molar-refractivity contribution >= 4 is 11.4 Å². The van der Waals surface area contributed by atoms with Crippen LogP contribution in [0.15, 0.2) is 18.2 Å². The normalized spacial score (nSPS) is 10.1. The fraction of sp³-hybridized carbons (Fsp3) is 0.400. The molecule has 0 atom stereocenters. The van der Waals surface area contributed by atoms with Crippen LogP contribution < -0.4 is 11.1 Å².